The average molecular weight is 253 g/mol. The number of carbonyl (C=O) groups excluding carboxylic acids is 1. The quantitative estimate of drug-likeness (QED) is 0.846. The minimum Gasteiger partial charge on any atom is -0.396 e. The molecule has 1 aromatic carbocycles. The van der Waals surface area contributed by atoms with Gasteiger partial charge in [-0.1, -0.05) is 6.92 Å². The lowest BCUT2D eigenvalue weighted by molar-refractivity contribution is 0.0885. The first kappa shape index (κ1) is 14.6. The molecule has 0 aliphatic rings. The first-order chi connectivity index (χ1) is 8.41. The molecule has 1 atom stereocenters. The maximum absolute atomic E-state index is 13.0. The minimum atomic E-state index is -0.438. The Morgan fingerprint density at radius 3 is 2.67 bits per heavy atom. The molecule has 1 aromatic rings. The van der Waals surface area contributed by atoms with Crippen LogP contribution in [0.5, 0.6) is 0 Å². The van der Waals surface area contributed by atoms with Crippen molar-refractivity contribution < 1.29 is 14.3 Å². The Morgan fingerprint density at radius 1 is 1.50 bits per heavy atom. The van der Waals surface area contributed by atoms with Crippen LogP contribution in [0, 0.1) is 12.7 Å². The summed E-state index contributed by atoms with van der Waals surface area (Å²) in [5, 5.41) is 11.9. The van der Waals surface area contributed by atoms with Crippen LogP contribution in [-0.4, -0.2) is 23.2 Å². The van der Waals surface area contributed by atoms with Crippen molar-refractivity contribution in [1.29, 1.82) is 0 Å². The average Bonchev–Trinajstić information content (AvgIpc) is 2.28. The van der Waals surface area contributed by atoms with E-state index in [0.717, 1.165) is 6.42 Å². The predicted molar refractivity (Wildman–Crippen MR) is 69.0 cm³/mol. The fourth-order valence-electron chi connectivity index (χ4n) is 1.80. The number of nitrogens with one attached hydrogen (secondary N) is 1. The Kier molecular flexibility index (Phi) is 4.84. The number of hydrogen-bond donors (Lipinski definition) is 2. The van der Waals surface area contributed by atoms with E-state index in [0.29, 0.717) is 17.5 Å². The fraction of sp³-hybridized carbons (Fsp3) is 0.500. The van der Waals surface area contributed by atoms with Gasteiger partial charge in [0.15, 0.2) is 0 Å². The third-order valence-corrected chi connectivity index (χ3v) is 3.29. The lowest BCUT2D eigenvalue weighted by Crippen LogP contribution is -2.46. The normalized spacial score (nSPS) is 14.1. The Bertz CT molecular complexity index is 434. The first-order valence-electron chi connectivity index (χ1n) is 6.11. The molecule has 0 aliphatic heterocycles. The van der Waals surface area contributed by atoms with Crippen molar-refractivity contribution in [1.82, 2.24) is 5.32 Å². The van der Waals surface area contributed by atoms with E-state index in [2.05, 4.69) is 5.32 Å². The molecule has 0 aliphatic carbocycles. The van der Waals surface area contributed by atoms with E-state index in [1.165, 1.54) is 18.2 Å². The van der Waals surface area contributed by atoms with Crippen molar-refractivity contribution >= 4 is 5.91 Å². The fourth-order valence-corrected chi connectivity index (χ4v) is 1.80. The predicted octanol–water partition coefficient (Wildman–Crippen LogP) is 2.42. The van der Waals surface area contributed by atoms with Gasteiger partial charge in [0, 0.05) is 17.7 Å². The molecule has 1 amide bonds. The molecule has 4 heteroatoms. The Balaban J connectivity index is 2.87. The smallest absolute Gasteiger partial charge is 0.251 e. The SMILES string of the molecule is CC[C@@](C)(CCO)NC(=O)c1ccc(F)cc1C. The number of aliphatic hydroxyl groups is 1. The topological polar surface area (TPSA) is 49.3 Å². The van der Waals surface area contributed by atoms with E-state index in [4.69, 9.17) is 5.11 Å². The Labute approximate surface area is 107 Å². The van der Waals surface area contributed by atoms with Gasteiger partial charge in [-0.05, 0) is 50.5 Å². The van der Waals surface area contributed by atoms with Crippen LogP contribution in [0.15, 0.2) is 18.2 Å². The van der Waals surface area contributed by atoms with Crippen molar-refractivity contribution in [2.75, 3.05) is 6.61 Å². The summed E-state index contributed by atoms with van der Waals surface area (Å²) in [6.07, 6.45) is 1.22. The second kappa shape index (κ2) is 5.96. The van der Waals surface area contributed by atoms with Gasteiger partial charge in [0.2, 0.25) is 0 Å². The van der Waals surface area contributed by atoms with Gasteiger partial charge in [-0.15, -0.1) is 0 Å². The third kappa shape index (κ3) is 3.53. The van der Waals surface area contributed by atoms with Gasteiger partial charge >= 0.3 is 0 Å². The standard InChI is InChI=1S/C14H20FNO2/c1-4-14(3,7-8-17)16-13(18)12-6-5-11(15)9-10(12)2/h5-6,9,17H,4,7-8H2,1-3H3,(H,16,18)/t14-/m0/s1. The van der Waals surface area contributed by atoms with E-state index in [1.54, 1.807) is 6.92 Å². The molecule has 0 unspecified atom stereocenters. The highest BCUT2D eigenvalue weighted by atomic mass is 19.1. The number of halogens is 1. The summed E-state index contributed by atoms with van der Waals surface area (Å²) in [6, 6.07) is 4.09. The maximum atomic E-state index is 13.0. The minimum absolute atomic E-state index is 0.0209. The summed E-state index contributed by atoms with van der Waals surface area (Å²) in [6.45, 7) is 5.56. The lowest BCUT2D eigenvalue weighted by atomic mass is 9.94. The number of amides is 1. The Hall–Kier alpha value is -1.42. The van der Waals surface area contributed by atoms with Crippen LogP contribution < -0.4 is 5.32 Å². The molecule has 0 fully saturated rings. The highest BCUT2D eigenvalue weighted by Crippen LogP contribution is 2.16. The molecular weight excluding hydrogens is 233 g/mol. The molecule has 3 nitrogen and oxygen atoms in total. The van der Waals surface area contributed by atoms with Crippen molar-refractivity contribution in [3.8, 4) is 0 Å². The molecule has 0 spiro atoms. The van der Waals surface area contributed by atoms with E-state index in [-0.39, 0.29) is 18.3 Å². The number of rotatable bonds is 5. The van der Waals surface area contributed by atoms with E-state index < -0.39 is 5.54 Å². The summed E-state index contributed by atoms with van der Waals surface area (Å²) < 4.78 is 13.0. The monoisotopic (exact) mass is 253 g/mol. The lowest BCUT2D eigenvalue weighted by Gasteiger charge is -2.29. The van der Waals surface area contributed by atoms with Crippen LogP contribution in [0.25, 0.3) is 0 Å². The molecule has 0 heterocycles. The third-order valence-electron chi connectivity index (χ3n) is 3.29. The summed E-state index contributed by atoms with van der Waals surface area (Å²) in [4.78, 5) is 12.1. The van der Waals surface area contributed by atoms with Crippen LogP contribution in [-0.2, 0) is 0 Å². The van der Waals surface area contributed by atoms with Crippen molar-refractivity contribution in [2.45, 2.75) is 39.2 Å². The first-order valence-corrected chi connectivity index (χ1v) is 6.11. The Morgan fingerprint density at radius 2 is 2.17 bits per heavy atom. The molecule has 2 N–H and O–H groups in total. The zero-order valence-corrected chi connectivity index (χ0v) is 11.1. The molecular formula is C14H20FNO2. The van der Waals surface area contributed by atoms with E-state index >= 15 is 0 Å². The molecule has 0 aromatic heterocycles. The van der Waals surface area contributed by atoms with Gasteiger partial charge in [-0.3, -0.25) is 4.79 Å². The van der Waals surface area contributed by atoms with Crippen molar-refractivity contribution in [2.24, 2.45) is 0 Å². The van der Waals surface area contributed by atoms with Crippen LogP contribution in [0.2, 0.25) is 0 Å². The van der Waals surface area contributed by atoms with Gasteiger partial charge in [0.1, 0.15) is 5.82 Å². The second-order valence-electron chi connectivity index (χ2n) is 4.80. The van der Waals surface area contributed by atoms with E-state index in [9.17, 15) is 9.18 Å². The number of benzene rings is 1. The molecule has 100 valence electrons. The largest absolute Gasteiger partial charge is 0.396 e. The zero-order valence-electron chi connectivity index (χ0n) is 11.1. The summed E-state index contributed by atoms with van der Waals surface area (Å²) in [5.74, 6) is -0.581. The van der Waals surface area contributed by atoms with Gasteiger partial charge in [0.05, 0.1) is 0 Å². The summed E-state index contributed by atoms with van der Waals surface area (Å²) in [5.41, 5.74) is 0.635. The highest BCUT2D eigenvalue weighted by molar-refractivity contribution is 5.96. The van der Waals surface area contributed by atoms with Crippen LogP contribution >= 0.6 is 0 Å². The van der Waals surface area contributed by atoms with Gasteiger partial charge < -0.3 is 10.4 Å². The molecule has 0 saturated carbocycles. The van der Waals surface area contributed by atoms with Crippen LogP contribution in [0.3, 0.4) is 0 Å². The summed E-state index contributed by atoms with van der Waals surface area (Å²) >= 11 is 0. The van der Waals surface area contributed by atoms with E-state index in [1.807, 2.05) is 13.8 Å². The molecule has 0 bridgehead atoms. The second-order valence-corrected chi connectivity index (χ2v) is 4.80. The molecule has 0 saturated heterocycles. The van der Waals surface area contributed by atoms with Gasteiger partial charge in [-0.25, -0.2) is 4.39 Å². The number of carbonyl (C=O) groups is 1. The van der Waals surface area contributed by atoms with Crippen LogP contribution in [0.4, 0.5) is 4.39 Å². The van der Waals surface area contributed by atoms with Crippen molar-refractivity contribution in [3.05, 3.63) is 35.1 Å². The van der Waals surface area contributed by atoms with Crippen molar-refractivity contribution in [3.63, 3.8) is 0 Å². The van der Waals surface area contributed by atoms with Gasteiger partial charge in [-0.2, -0.15) is 0 Å². The highest BCUT2D eigenvalue weighted by Gasteiger charge is 2.24. The molecule has 18 heavy (non-hydrogen) atoms. The zero-order chi connectivity index (χ0) is 13.8. The van der Waals surface area contributed by atoms with Gasteiger partial charge in [0.25, 0.3) is 5.91 Å². The number of aliphatic hydroxyl groups excluding tert-OH is 1. The number of aryl methyl sites for hydroxylation is 1. The molecule has 0 radical (unpaired) electrons. The summed E-state index contributed by atoms with van der Waals surface area (Å²) in [7, 11) is 0. The van der Waals surface area contributed by atoms with Crippen LogP contribution in [0.1, 0.15) is 42.6 Å². The maximum Gasteiger partial charge on any atom is 0.251 e. The molecule has 1 rings (SSSR count). The number of hydrogen-bond acceptors (Lipinski definition) is 2.